The number of unbranched alkanes of at least 4 members (excludes halogenated alkanes) is 20. The maximum Gasteiger partial charge on any atom is 0.397 e. The molecular weight excluding hydrogens is 588 g/mol. The Morgan fingerprint density at radius 3 is 1.36 bits per heavy atom. The summed E-state index contributed by atoms with van der Waals surface area (Å²) in [4.78, 5) is 25.2. The molecule has 2 N–H and O–H groups in total. The highest BCUT2D eigenvalue weighted by molar-refractivity contribution is 7.80. The van der Waals surface area contributed by atoms with Gasteiger partial charge in [-0.25, -0.2) is 4.18 Å². The molecule has 0 bridgehead atoms. The highest BCUT2D eigenvalue weighted by Gasteiger charge is 2.47. The summed E-state index contributed by atoms with van der Waals surface area (Å²) in [6.45, 7) is 4.11. The van der Waals surface area contributed by atoms with E-state index in [1.54, 1.807) is 0 Å². The Morgan fingerprint density at radius 2 is 0.977 bits per heavy atom. The SMILES string of the molecule is CCCCCCCCCCCCCC(=O)O[C@@H]1[C@@H](OS(=O)(=O)O)[C@H](O)OC[C@H]1OC(=O)CCCCCCCCCCCCC. The average Bonchev–Trinajstić information content (AvgIpc) is 2.97. The Kier molecular flexibility index (Phi) is 24.0. The zero-order valence-corrected chi connectivity index (χ0v) is 28.4. The molecular formula is C33H62O10S. The Bertz CT molecular complexity index is 834. The number of hydrogen-bond acceptors (Lipinski definition) is 9. The van der Waals surface area contributed by atoms with Crippen molar-refractivity contribution in [1.82, 2.24) is 0 Å². The van der Waals surface area contributed by atoms with Crippen LogP contribution in [0.1, 0.15) is 168 Å². The molecule has 0 aromatic carbocycles. The van der Waals surface area contributed by atoms with Gasteiger partial charge in [0, 0.05) is 12.8 Å². The van der Waals surface area contributed by atoms with E-state index in [1.165, 1.54) is 89.9 Å². The zero-order valence-electron chi connectivity index (χ0n) is 27.6. The fourth-order valence-corrected chi connectivity index (χ4v) is 6.03. The van der Waals surface area contributed by atoms with E-state index in [0.29, 0.717) is 12.8 Å². The Hall–Kier alpha value is -1.27. The van der Waals surface area contributed by atoms with E-state index in [1.807, 2.05) is 0 Å². The summed E-state index contributed by atoms with van der Waals surface area (Å²) in [6.07, 6.45) is 18.9. The molecule has 4 atom stereocenters. The van der Waals surface area contributed by atoms with Gasteiger partial charge in [0.15, 0.2) is 24.6 Å². The van der Waals surface area contributed by atoms with Crippen LogP contribution >= 0.6 is 0 Å². The van der Waals surface area contributed by atoms with Crippen molar-refractivity contribution >= 4 is 22.3 Å². The molecule has 10 nitrogen and oxygen atoms in total. The van der Waals surface area contributed by atoms with Crippen LogP contribution in [-0.2, 0) is 38.4 Å². The van der Waals surface area contributed by atoms with Gasteiger partial charge in [0.25, 0.3) is 0 Å². The molecule has 260 valence electrons. The molecule has 1 saturated heterocycles. The fourth-order valence-electron chi connectivity index (χ4n) is 5.55. The summed E-state index contributed by atoms with van der Waals surface area (Å²) in [5.74, 6) is -1.17. The van der Waals surface area contributed by atoms with Gasteiger partial charge < -0.3 is 19.3 Å². The largest absolute Gasteiger partial charge is 0.456 e. The third-order valence-electron chi connectivity index (χ3n) is 8.15. The molecule has 0 radical (unpaired) electrons. The van der Waals surface area contributed by atoms with Gasteiger partial charge in [0.2, 0.25) is 0 Å². The molecule has 0 aromatic heterocycles. The van der Waals surface area contributed by atoms with Crippen LogP contribution in [0.25, 0.3) is 0 Å². The first-order valence-corrected chi connectivity index (χ1v) is 18.9. The third kappa shape index (κ3) is 21.5. The lowest BCUT2D eigenvalue weighted by Crippen LogP contribution is -2.57. The summed E-state index contributed by atoms with van der Waals surface area (Å²) < 4.78 is 52.8. The van der Waals surface area contributed by atoms with Crippen LogP contribution in [0.5, 0.6) is 0 Å². The molecule has 0 aromatic rings. The number of esters is 2. The number of aliphatic hydroxyl groups excluding tert-OH is 1. The number of carbonyl (C=O) groups excluding carboxylic acids is 2. The molecule has 0 aliphatic carbocycles. The summed E-state index contributed by atoms with van der Waals surface area (Å²) in [5, 5.41) is 10.2. The molecule has 1 aliphatic heterocycles. The standard InChI is InChI=1S/C33H62O10S/c1-3-5-7-9-11-13-15-17-19-21-23-25-29(34)41-28-27-40-33(36)32(43-44(37,38)39)31(28)42-30(35)26-24-22-20-18-16-14-12-10-8-6-4-2/h28,31-33,36H,3-27H2,1-2H3,(H,37,38,39)/t28-,31+,32-,33-/m1/s1. The van der Waals surface area contributed by atoms with E-state index >= 15 is 0 Å². The van der Waals surface area contributed by atoms with E-state index in [-0.39, 0.29) is 19.4 Å². The molecule has 1 aliphatic rings. The number of hydrogen-bond donors (Lipinski definition) is 2. The highest BCUT2D eigenvalue weighted by atomic mass is 32.3. The summed E-state index contributed by atoms with van der Waals surface area (Å²) >= 11 is 0. The lowest BCUT2D eigenvalue weighted by Gasteiger charge is -2.38. The lowest BCUT2D eigenvalue weighted by atomic mass is 10.0. The lowest BCUT2D eigenvalue weighted by molar-refractivity contribution is -0.257. The summed E-state index contributed by atoms with van der Waals surface area (Å²) in [6, 6.07) is 0. The molecule has 1 heterocycles. The van der Waals surface area contributed by atoms with Crippen LogP contribution in [0, 0.1) is 0 Å². The van der Waals surface area contributed by atoms with Crippen LogP contribution in [0.3, 0.4) is 0 Å². The van der Waals surface area contributed by atoms with E-state index in [0.717, 1.165) is 38.5 Å². The van der Waals surface area contributed by atoms with Crippen molar-refractivity contribution < 1.29 is 46.1 Å². The van der Waals surface area contributed by atoms with E-state index in [2.05, 4.69) is 18.0 Å². The van der Waals surface area contributed by atoms with Crippen molar-refractivity contribution in [1.29, 1.82) is 0 Å². The second-order valence-electron chi connectivity index (χ2n) is 12.3. The predicted octanol–water partition coefficient (Wildman–Crippen LogP) is 7.75. The first kappa shape index (κ1) is 40.8. The molecule has 0 unspecified atom stereocenters. The second-order valence-corrected chi connectivity index (χ2v) is 13.3. The number of carbonyl (C=O) groups is 2. The Labute approximate surface area is 267 Å². The fraction of sp³-hybridized carbons (Fsp3) is 0.939. The van der Waals surface area contributed by atoms with Gasteiger partial charge in [-0.2, -0.15) is 8.42 Å². The van der Waals surface area contributed by atoms with Crippen molar-refractivity contribution in [3.05, 3.63) is 0 Å². The van der Waals surface area contributed by atoms with Crippen molar-refractivity contribution in [3.8, 4) is 0 Å². The zero-order chi connectivity index (χ0) is 32.5. The normalized spacial score (nSPS) is 20.5. The van der Waals surface area contributed by atoms with Gasteiger partial charge >= 0.3 is 22.3 Å². The van der Waals surface area contributed by atoms with Crippen LogP contribution < -0.4 is 0 Å². The highest BCUT2D eigenvalue weighted by Crippen LogP contribution is 2.25. The molecule has 0 amide bonds. The second kappa shape index (κ2) is 25.9. The smallest absolute Gasteiger partial charge is 0.397 e. The van der Waals surface area contributed by atoms with Crippen molar-refractivity contribution in [2.75, 3.05) is 6.61 Å². The molecule has 0 saturated carbocycles. The Balaban J connectivity index is 2.43. The van der Waals surface area contributed by atoms with Crippen molar-refractivity contribution in [2.45, 2.75) is 193 Å². The first-order chi connectivity index (χ1) is 21.2. The van der Waals surface area contributed by atoms with Crippen LogP contribution in [0.4, 0.5) is 0 Å². The topological polar surface area (TPSA) is 146 Å². The Morgan fingerprint density at radius 1 is 0.614 bits per heavy atom. The number of ether oxygens (including phenoxy) is 3. The minimum atomic E-state index is -5.02. The minimum absolute atomic E-state index is 0.0858. The van der Waals surface area contributed by atoms with E-state index < -0.39 is 46.9 Å². The summed E-state index contributed by atoms with van der Waals surface area (Å²) in [7, 11) is -5.02. The van der Waals surface area contributed by atoms with E-state index in [4.69, 9.17) is 14.2 Å². The third-order valence-corrected chi connectivity index (χ3v) is 8.62. The average molecular weight is 651 g/mol. The van der Waals surface area contributed by atoms with Gasteiger partial charge in [-0.3, -0.25) is 14.1 Å². The minimum Gasteiger partial charge on any atom is -0.456 e. The molecule has 11 heteroatoms. The van der Waals surface area contributed by atoms with E-state index in [9.17, 15) is 27.7 Å². The monoisotopic (exact) mass is 650 g/mol. The molecule has 1 fully saturated rings. The molecule has 0 spiro atoms. The molecule has 1 rings (SSSR count). The quantitative estimate of drug-likeness (QED) is 0.0489. The number of aliphatic hydroxyl groups is 1. The predicted molar refractivity (Wildman–Crippen MR) is 170 cm³/mol. The van der Waals surface area contributed by atoms with Crippen molar-refractivity contribution in [3.63, 3.8) is 0 Å². The maximum atomic E-state index is 12.7. The van der Waals surface area contributed by atoms with Gasteiger partial charge in [0.05, 0.1) is 6.61 Å². The van der Waals surface area contributed by atoms with Gasteiger partial charge in [0.1, 0.15) is 0 Å². The van der Waals surface area contributed by atoms with Crippen LogP contribution in [0.15, 0.2) is 0 Å². The van der Waals surface area contributed by atoms with Crippen LogP contribution in [0.2, 0.25) is 0 Å². The first-order valence-electron chi connectivity index (χ1n) is 17.5. The van der Waals surface area contributed by atoms with Gasteiger partial charge in [-0.05, 0) is 12.8 Å². The summed E-state index contributed by atoms with van der Waals surface area (Å²) in [5.41, 5.74) is 0. The van der Waals surface area contributed by atoms with Crippen LogP contribution in [-0.4, -0.2) is 61.2 Å². The van der Waals surface area contributed by atoms with Gasteiger partial charge in [-0.1, -0.05) is 142 Å². The van der Waals surface area contributed by atoms with Gasteiger partial charge in [-0.15, -0.1) is 0 Å². The number of rotatable bonds is 28. The maximum absolute atomic E-state index is 12.7. The van der Waals surface area contributed by atoms with Crippen molar-refractivity contribution in [2.24, 2.45) is 0 Å². The molecule has 44 heavy (non-hydrogen) atoms.